The number of aromatic nitrogens is 1. The summed E-state index contributed by atoms with van der Waals surface area (Å²) in [5, 5.41) is 17.4. The number of fused-ring (bicyclic) bond motifs is 1. The topological polar surface area (TPSA) is 83.6 Å². The van der Waals surface area contributed by atoms with Gasteiger partial charge in [-0.15, -0.1) is 0 Å². The minimum atomic E-state index is -0.982. The van der Waals surface area contributed by atoms with Crippen molar-refractivity contribution < 1.29 is 19.4 Å². The molecule has 0 unspecified atom stereocenters. The Balaban J connectivity index is 2.42. The SMILES string of the molecule is O=C(O)Cc1nc2ccc(CO)cc2o1. The summed E-state index contributed by atoms with van der Waals surface area (Å²) in [6.07, 6.45) is -0.233. The highest BCUT2D eigenvalue weighted by Gasteiger charge is 2.09. The Morgan fingerprint density at radius 2 is 2.27 bits per heavy atom. The standard InChI is InChI=1S/C10H9NO4/c12-5-6-1-2-7-8(3-6)15-9(11-7)4-10(13)14/h1-3,12H,4-5H2,(H,13,14). The number of aliphatic hydroxyl groups excluding tert-OH is 1. The molecule has 1 heterocycles. The van der Waals surface area contributed by atoms with Crippen molar-refractivity contribution in [2.24, 2.45) is 0 Å². The third-order valence-electron chi connectivity index (χ3n) is 1.98. The van der Waals surface area contributed by atoms with Crippen LogP contribution in [0.25, 0.3) is 11.1 Å². The zero-order valence-electron chi connectivity index (χ0n) is 7.80. The minimum absolute atomic E-state index is 0.0785. The van der Waals surface area contributed by atoms with Crippen LogP contribution < -0.4 is 0 Å². The molecule has 0 spiro atoms. The number of benzene rings is 1. The largest absolute Gasteiger partial charge is 0.481 e. The normalized spacial score (nSPS) is 10.7. The fourth-order valence-electron chi connectivity index (χ4n) is 1.32. The van der Waals surface area contributed by atoms with Crippen LogP contribution in [0.5, 0.6) is 0 Å². The number of oxazole rings is 1. The van der Waals surface area contributed by atoms with Crippen LogP contribution in [-0.2, 0) is 17.8 Å². The maximum Gasteiger partial charge on any atom is 0.312 e. The molecule has 0 aliphatic carbocycles. The number of carboxylic acids is 1. The van der Waals surface area contributed by atoms with Gasteiger partial charge in [-0.05, 0) is 17.7 Å². The summed E-state index contributed by atoms with van der Waals surface area (Å²) in [7, 11) is 0. The van der Waals surface area contributed by atoms with E-state index in [9.17, 15) is 4.79 Å². The second kappa shape index (κ2) is 3.70. The molecule has 1 aromatic heterocycles. The maximum atomic E-state index is 10.4. The number of hydrogen-bond donors (Lipinski definition) is 2. The van der Waals surface area contributed by atoms with Gasteiger partial charge in [0.15, 0.2) is 5.58 Å². The van der Waals surface area contributed by atoms with Gasteiger partial charge in [0.1, 0.15) is 11.9 Å². The summed E-state index contributed by atoms with van der Waals surface area (Å²) in [6, 6.07) is 5.05. The van der Waals surface area contributed by atoms with E-state index in [4.69, 9.17) is 14.6 Å². The molecule has 0 bridgehead atoms. The first kappa shape index (κ1) is 9.67. The molecule has 0 amide bonds. The lowest BCUT2D eigenvalue weighted by atomic mass is 10.2. The van der Waals surface area contributed by atoms with Crippen molar-refractivity contribution in [3.63, 3.8) is 0 Å². The van der Waals surface area contributed by atoms with Crippen molar-refractivity contribution in [2.45, 2.75) is 13.0 Å². The average molecular weight is 207 g/mol. The van der Waals surface area contributed by atoms with Crippen molar-refractivity contribution in [1.29, 1.82) is 0 Å². The minimum Gasteiger partial charge on any atom is -0.481 e. The Morgan fingerprint density at radius 3 is 2.93 bits per heavy atom. The molecule has 15 heavy (non-hydrogen) atoms. The van der Waals surface area contributed by atoms with Gasteiger partial charge < -0.3 is 14.6 Å². The summed E-state index contributed by atoms with van der Waals surface area (Å²) in [6.45, 7) is -0.0785. The Bertz CT molecular complexity index is 503. The Kier molecular flexibility index (Phi) is 2.39. The number of aliphatic hydroxyl groups is 1. The van der Waals surface area contributed by atoms with E-state index < -0.39 is 5.97 Å². The zero-order chi connectivity index (χ0) is 10.8. The second-order valence-corrected chi connectivity index (χ2v) is 3.14. The highest BCUT2D eigenvalue weighted by Crippen LogP contribution is 2.17. The van der Waals surface area contributed by atoms with Crippen LogP contribution in [-0.4, -0.2) is 21.2 Å². The van der Waals surface area contributed by atoms with E-state index in [1.807, 2.05) is 0 Å². The monoisotopic (exact) mass is 207 g/mol. The molecule has 0 saturated carbocycles. The molecule has 2 N–H and O–H groups in total. The lowest BCUT2D eigenvalue weighted by molar-refractivity contribution is -0.136. The van der Waals surface area contributed by atoms with Gasteiger partial charge in [0.25, 0.3) is 0 Å². The fourth-order valence-corrected chi connectivity index (χ4v) is 1.32. The smallest absolute Gasteiger partial charge is 0.312 e. The first-order valence-electron chi connectivity index (χ1n) is 4.40. The molecular formula is C10H9NO4. The van der Waals surface area contributed by atoms with Gasteiger partial charge in [-0.25, -0.2) is 4.98 Å². The first-order valence-corrected chi connectivity index (χ1v) is 4.40. The van der Waals surface area contributed by atoms with Crippen molar-refractivity contribution in [1.82, 2.24) is 4.98 Å². The second-order valence-electron chi connectivity index (χ2n) is 3.14. The first-order chi connectivity index (χ1) is 7.19. The van der Waals surface area contributed by atoms with Gasteiger partial charge in [-0.2, -0.15) is 0 Å². The molecule has 2 aromatic rings. The number of hydrogen-bond acceptors (Lipinski definition) is 4. The highest BCUT2D eigenvalue weighted by molar-refractivity contribution is 5.75. The molecule has 0 saturated heterocycles. The van der Waals surface area contributed by atoms with E-state index in [1.165, 1.54) is 0 Å². The molecule has 5 nitrogen and oxygen atoms in total. The Morgan fingerprint density at radius 1 is 1.47 bits per heavy atom. The van der Waals surface area contributed by atoms with Crippen LogP contribution in [0.15, 0.2) is 22.6 Å². The van der Waals surface area contributed by atoms with Crippen LogP contribution >= 0.6 is 0 Å². The van der Waals surface area contributed by atoms with E-state index >= 15 is 0 Å². The molecule has 0 radical (unpaired) electrons. The number of carbonyl (C=O) groups is 1. The summed E-state index contributed by atoms with van der Waals surface area (Å²) >= 11 is 0. The molecular weight excluding hydrogens is 198 g/mol. The number of aliphatic carboxylic acids is 1. The van der Waals surface area contributed by atoms with Crippen LogP contribution in [0.4, 0.5) is 0 Å². The van der Waals surface area contributed by atoms with E-state index in [-0.39, 0.29) is 18.9 Å². The van der Waals surface area contributed by atoms with E-state index in [2.05, 4.69) is 4.98 Å². The molecule has 0 aliphatic rings. The Labute approximate surface area is 85.0 Å². The predicted molar refractivity (Wildman–Crippen MR) is 51.3 cm³/mol. The molecule has 0 aliphatic heterocycles. The third-order valence-corrected chi connectivity index (χ3v) is 1.98. The zero-order valence-corrected chi connectivity index (χ0v) is 7.80. The molecule has 0 fully saturated rings. The lowest BCUT2D eigenvalue weighted by Gasteiger charge is -1.92. The molecule has 2 rings (SSSR count). The summed E-state index contributed by atoms with van der Waals surface area (Å²) in [5.41, 5.74) is 1.81. The van der Waals surface area contributed by atoms with Gasteiger partial charge in [0.05, 0.1) is 6.61 Å². The summed E-state index contributed by atoms with van der Waals surface area (Å²) < 4.78 is 5.22. The van der Waals surface area contributed by atoms with E-state index in [0.29, 0.717) is 16.7 Å². The molecule has 1 aromatic carbocycles. The van der Waals surface area contributed by atoms with Crippen LogP contribution in [0, 0.1) is 0 Å². The quantitative estimate of drug-likeness (QED) is 0.782. The van der Waals surface area contributed by atoms with Gasteiger partial charge in [0, 0.05) is 0 Å². The van der Waals surface area contributed by atoms with Gasteiger partial charge in [0.2, 0.25) is 5.89 Å². The van der Waals surface area contributed by atoms with Gasteiger partial charge in [-0.3, -0.25) is 4.79 Å². The third kappa shape index (κ3) is 1.97. The van der Waals surface area contributed by atoms with Crippen molar-refractivity contribution in [2.75, 3.05) is 0 Å². The highest BCUT2D eigenvalue weighted by atomic mass is 16.4. The summed E-state index contributed by atoms with van der Waals surface area (Å²) in [5.74, 6) is -0.809. The van der Waals surface area contributed by atoms with Crippen molar-refractivity contribution >= 4 is 17.1 Å². The Hall–Kier alpha value is -1.88. The number of nitrogens with zero attached hydrogens (tertiary/aromatic N) is 1. The van der Waals surface area contributed by atoms with Crippen LogP contribution in [0.3, 0.4) is 0 Å². The van der Waals surface area contributed by atoms with Crippen LogP contribution in [0.2, 0.25) is 0 Å². The maximum absolute atomic E-state index is 10.4. The lowest BCUT2D eigenvalue weighted by Crippen LogP contribution is -1.99. The van der Waals surface area contributed by atoms with Crippen molar-refractivity contribution in [3.05, 3.63) is 29.7 Å². The predicted octanol–water partition coefficient (Wildman–Crippen LogP) is 0.947. The molecule has 0 atom stereocenters. The van der Waals surface area contributed by atoms with Crippen molar-refractivity contribution in [3.8, 4) is 0 Å². The number of carboxylic acid groups (broad SMARTS) is 1. The fraction of sp³-hybridized carbons (Fsp3) is 0.200. The van der Waals surface area contributed by atoms with Crippen LogP contribution in [0.1, 0.15) is 11.5 Å². The average Bonchev–Trinajstić information content (AvgIpc) is 2.57. The van der Waals surface area contributed by atoms with Gasteiger partial charge >= 0.3 is 5.97 Å². The van der Waals surface area contributed by atoms with Gasteiger partial charge in [-0.1, -0.05) is 6.07 Å². The van der Waals surface area contributed by atoms with E-state index in [1.54, 1.807) is 18.2 Å². The number of rotatable bonds is 3. The molecule has 78 valence electrons. The molecule has 5 heteroatoms. The summed E-state index contributed by atoms with van der Waals surface area (Å²) in [4.78, 5) is 14.4. The van der Waals surface area contributed by atoms with E-state index in [0.717, 1.165) is 0 Å².